The number of rotatable bonds is 6. The molecule has 6 heteroatoms. The second-order valence-corrected chi connectivity index (χ2v) is 4.94. The summed E-state index contributed by atoms with van der Waals surface area (Å²) in [5, 5.41) is 14.5. The standard InChI is InChI=1S/C11H19N3O2S/c1-3-11(4-2,7-15)14-9(16)5-8-6-17-10(12)13-8/h6,15H,3-5,7H2,1-2H3,(H2,12,13)(H,14,16). The Kier molecular flexibility index (Phi) is 4.89. The molecule has 1 aromatic heterocycles. The van der Waals surface area contributed by atoms with Gasteiger partial charge in [0.25, 0.3) is 0 Å². The van der Waals surface area contributed by atoms with E-state index in [-0.39, 0.29) is 18.9 Å². The van der Waals surface area contributed by atoms with Crippen LogP contribution in [0.4, 0.5) is 5.13 Å². The van der Waals surface area contributed by atoms with Crippen molar-refractivity contribution >= 4 is 22.4 Å². The number of carbonyl (C=O) groups is 1. The number of aliphatic hydroxyl groups is 1. The highest BCUT2D eigenvalue weighted by molar-refractivity contribution is 7.13. The third kappa shape index (κ3) is 3.67. The molecule has 0 aliphatic carbocycles. The van der Waals surface area contributed by atoms with Crippen LogP contribution in [0.25, 0.3) is 0 Å². The molecule has 0 bridgehead atoms. The molecule has 4 N–H and O–H groups in total. The molecule has 0 unspecified atom stereocenters. The van der Waals surface area contributed by atoms with Crippen LogP contribution in [0.2, 0.25) is 0 Å². The van der Waals surface area contributed by atoms with Gasteiger partial charge in [-0.2, -0.15) is 0 Å². The third-order valence-corrected chi connectivity index (χ3v) is 3.69. The Morgan fingerprint density at radius 1 is 1.59 bits per heavy atom. The molecule has 0 atom stereocenters. The summed E-state index contributed by atoms with van der Waals surface area (Å²) in [6.07, 6.45) is 1.60. The Hall–Kier alpha value is -1.14. The summed E-state index contributed by atoms with van der Waals surface area (Å²) < 4.78 is 0. The number of hydrogen-bond acceptors (Lipinski definition) is 5. The lowest BCUT2D eigenvalue weighted by Crippen LogP contribution is -2.51. The molecule has 1 rings (SSSR count). The number of nitrogens with zero attached hydrogens (tertiary/aromatic N) is 1. The summed E-state index contributed by atoms with van der Waals surface area (Å²) >= 11 is 1.32. The van der Waals surface area contributed by atoms with Crippen molar-refractivity contribution in [3.05, 3.63) is 11.1 Å². The number of nitrogens with one attached hydrogen (secondary N) is 1. The van der Waals surface area contributed by atoms with E-state index in [1.807, 2.05) is 13.8 Å². The predicted molar refractivity (Wildman–Crippen MR) is 68.8 cm³/mol. The number of aromatic nitrogens is 1. The molecule has 0 saturated heterocycles. The molecule has 0 aromatic carbocycles. The Morgan fingerprint density at radius 2 is 2.24 bits per heavy atom. The van der Waals surface area contributed by atoms with Gasteiger partial charge in [0.2, 0.25) is 5.91 Å². The van der Waals surface area contributed by atoms with Gasteiger partial charge in [-0.05, 0) is 12.8 Å². The number of hydrogen-bond donors (Lipinski definition) is 3. The van der Waals surface area contributed by atoms with Crippen LogP contribution in [0.5, 0.6) is 0 Å². The van der Waals surface area contributed by atoms with Gasteiger partial charge >= 0.3 is 0 Å². The van der Waals surface area contributed by atoms with Crippen molar-refractivity contribution in [1.82, 2.24) is 10.3 Å². The van der Waals surface area contributed by atoms with Crippen molar-refractivity contribution in [3.8, 4) is 0 Å². The number of thiazole rings is 1. The normalized spacial score (nSPS) is 11.5. The largest absolute Gasteiger partial charge is 0.394 e. The minimum absolute atomic E-state index is 0.0507. The van der Waals surface area contributed by atoms with Crippen LogP contribution in [0.1, 0.15) is 32.4 Å². The lowest BCUT2D eigenvalue weighted by molar-refractivity contribution is -0.123. The number of carbonyl (C=O) groups excluding carboxylic acids is 1. The second kappa shape index (κ2) is 5.97. The molecule has 1 aromatic rings. The average molecular weight is 257 g/mol. The van der Waals surface area contributed by atoms with Crippen LogP contribution in [0.3, 0.4) is 0 Å². The summed E-state index contributed by atoms with van der Waals surface area (Å²) in [6.45, 7) is 3.84. The summed E-state index contributed by atoms with van der Waals surface area (Å²) in [6, 6.07) is 0. The van der Waals surface area contributed by atoms with Crippen molar-refractivity contribution in [2.75, 3.05) is 12.3 Å². The van der Waals surface area contributed by atoms with Gasteiger partial charge in [-0.1, -0.05) is 13.8 Å². The minimum Gasteiger partial charge on any atom is -0.394 e. The van der Waals surface area contributed by atoms with E-state index in [1.54, 1.807) is 5.38 Å². The van der Waals surface area contributed by atoms with E-state index in [0.29, 0.717) is 23.7 Å². The van der Waals surface area contributed by atoms with Gasteiger partial charge in [0.1, 0.15) is 0 Å². The molecule has 0 spiro atoms. The highest BCUT2D eigenvalue weighted by Gasteiger charge is 2.27. The maximum absolute atomic E-state index is 11.8. The summed E-state index contributed by atoms with van der Waals surface area (Å²) in [5.41, 5.74) is 5.65. The van der Waals surface area contributed by atoms with Crippen LogP contribution in [0, 0.1) is 0 Å². The lowest BCUT2D eigenvalue weighted by Gasteiger charge is -2.30. The van der Waals surface area contributed by atoms with E-state index in [9.17, 15) is 9.90 Å². The topological polar surface area (TPSA) is 88.2 Å². The van der Waals surface area contributed by atoms with Crippen LogP contribution in [-0.4, -0.2) is 28.1 Å². The molecule has 0 saturated carbocycles. The maximum atomic E-state index is 11.8. The zero-order chi connectivity index (χ0) is 12.9. The monoisotopic (exact) mass is 257 g/mol. The van der Waals surface area contributed by atoms with Crippen LogP contribution in [-0.2, 0) is 11.2 Å². The minimum atomic E-state index is -0.515. The summed E-state index contributed by atoms with van der Waals surface area (Å²) in [5.74, 6) is -0.131. The first-order valence-corrected chi connectivity index (χ1v) is 6.55. The summed E-state index contributed by atoms with van der Waals surface area (Å²) in [4.78, 5) is 15.8. The Bertz CT molecular complexity index is 366. The number of anilines is 1. The predicted octanol–water partition coefficient (Wildman–Crippen LogP) is 0.935. The van der Waals surface area contributed by atoms with Crippen LogP contribution < -0.4 is 11.1 Å². The molecule has 0 fully saturated rings. The van der Waals surface area contributed by atoms with Crippen molar-refractivity contribution in [1.29, 1.82) is 0 Å². The van der Waals surface area contributed by atoms with E-state index >= 15 is 0 Å². The van der Waals surface area contributed by atoms with Gasteiger partial charge in [0.15, 0.2) is 5.13 Å². The number of aliphatic hydroxyl groups excluding tert-OH is 1. The van der Waals surface area contributed by atoms with Crippen molar-refractivity contribution in [3.63, 3.8) is 0 Å². The van der Waals surface area contributed by atoms with E-state index in [2.05, 4.69) is 10.3 Å². The fraction of sp³-hybridized carbons (Fsp3) is 0.636. The number of nitrogens with two attached hydrogens (primary N) is 1. The zero-order valence-corrected chi connectivity index (χ0v) is 11.0. The van der Waals surface area contributed by atoms with E-state index in [1.165, 1.54) is 11.3 Å². The summed E-state index contributed by atoms with van der Waals surface area (Å²) in [7, 11) is 0. The fourth-order valence-electron chi connectivity index (χ4n) is 1.60. The van der Waals surface area contributed by atoms with Crippen LogP contribution in [0.15, 0.2) is 5.38 Å². The van der Waals surface area contributed by atoms with Crippen molar-refractivity contribution < 1.29 is 9.90 Å². The third-order valence-electron chi connectivity index (χ3n) is 2.97. The first-order chi connectivity index (χ1) is 8.05. The first-order valence-electron chi connectivity index (χ1n) is 5.67. The molecule has 1 heterocycles. The van der Waals surface area contributed by atoms with Gasteiger partial charge in [0.05, 0.1) is 24.3 Å². The Morgan fingerprint density at radius 3 is 2.65 bits per heavy atom. The van der Waals surface area contributed by atoms with Crippen molar-refractivity contribution in [2.24, 2.45) is 0 Å². The smallest absolute Gasteiger partial charge is 0.226 e. The van der Waals surface area contributed by atoms with E-state index < -0.39 is 5.54 Å². The Labute approximate surface area is 105 Å². The van der Waals surface area contributed by atoms with E-state index in [4.69, 9.17) is 5.73 Å². The molecule has 17 heavy (non-hydrogen) atoms. The molecule has 0 aliphatic rings. The highest BCUT2D eigenvalue weighted by atomic mass is 32.1. The maximum Gasteiger partial charge on any atom is 0.226 e. The molecular formula is C11H19N3O2S. The van der Waals surface area contributed by atoms with Crippen molar-refractivity contribution in [2.45, 2.75) is 38.6 Å². The zero-order valence-electron chi connectivity index (χ0n) is 10.2. The molecular weight excluding hydrogens is 238 g/mol. The molecule has 0 radical (unpaired) electrons. The molecule has 96 valence electrons. The van der Waals surface area contributed by atoms with Gasteiger partial charge in [-0.3, -0.25) is 4.79 Å². The van der Waals surface area contributed by atoms with Gasteiger partial charge < -0.3 is 16.2 Å². The van der Waals surface area contributed by atoms with Gasteiger partial charge in [-0.15, -0.1) is 11.3 Å². The van der Waals surface area contributed by atoms with E-state index in [0.717, 1.165) is 0 Å². The van der Waals surface area contributed by atoms with Gasteiger partial charge in [0, 0.05) is 5.38 Å². The quantitative estimate of drug-likeness (QED) is 0.707. The van der Waals surface area contributed by atoms with Gasteiger partial charge in [-0.25, -0.2) is 4.98 Å². The number of amides is 1. The number of nitrogen functional groups attached to an aromatic ring is 1. The molecule has 5 nitrogen and oxygen atoms in total. The molecule has 1 amide bonds. The fourth-order valence-corrected chi connectivity index (χ4v) is 2.16. The Balaban J connectivity index is 2.59. The van der Waals surface area contributed by atoms with Crippen LogP contribution >= 0.6 is 11.3 Å². The first kappa shape index (κ1) is 13.9. The second-order valence-electron chi connectivity index (χ2n) is 4.05. The SMILES string of the molecule is CCC(CC)(CO)NC(=O)Cc1csc(N)n1. The highest BCUT2D eigenvalue weighted by Crippen LogP contribution is 2.15. The lowest BCUT2D eigenvalue weighted by atomic mass is 9.93. The molecule has 0 aliphatic heterocycles. The average Bonchev–Trinajstić information content (AvgIpc) is 2.72.